The first-order chi connectivity index (χ1) is 12.3. The normalized spacial score (nSPS) is 28.8. The lowest BCUT2D eigenvalue weighted by Crippen LogP contribution is -2.33. The minimum absolute atomic E-state index is 0.00353. The van der Waals surface area contributed by atoms with E-state index in [4.69, 9.17) is 23.2 Å². The number of halogens is 2. The molecule has 1 saturated carbocycles. The van der Waals surface area contributed by atoms with E-state index in [0.717, 1.165) is 12.8 Å². The highest BCUT2D eigenvalue weighted by Gasteiger charge is 2.49. The summed E-state index contributed by atoms with van der Waals surface area (Å²) in [5.41, 5.74) is 0.651. The maximum atomic E-state index is 12.1. The predicted molar refractivity (Wildman–Crippen MR) is 105 cm³/mol. The van der Waals surface area contributed by atoms with E-state index < -0.39 is 9.84 Å². The first-order valence-corrected chi connectivity index (χ1v) is 11.6. The number of carbonyl (C=O) groups excluding carboxylic acids is 1. The third kappa shape index (κ3) is 3.78. The van der Waals surface area contributed by atoms with Gasteiger partial charge in [0.15, 0.2) is 15.0 Å². The quantitative estimate of drug-likeness (QED) is 0.687. The van der Waals surface area contributed by atoms with Crippen LogP contribution in [0.15, 0.2) is 28.3 Å². The minimum atomic E-state index is -3.11. The summed E-state index contributed by atoms with van der Waals surface area (Å²) in [6.07, 6.45) is 3.28. The number of hydrogen-bond acceptors (Lipinski definition) is 5. The number of aliphatic imine (C=N–C) groups is 1. The third-order valence-electron chi connectivity index (χ3n) is 4.46. The van der Waals surface area contributed by atoms with Crippen molar-refractivity contribution in [3.63, 3.8) is 0 Å². The van der Waals surface area contributed by atoms with Crippen LogP contribution >= 0.6 is 35.0 Å². The molecule has 0 bridgehead atoms. The zero-order valence-electron chi connectivity index (χ0n) is 13.5. The van der Waals surface area contributed by atoms with Gasteiger partial charge >= 0.3 is 0 Å². The SMILES string of the molecule is O=C(N=C1S[C@H]2CS(=O)(=O)C[C@@H]2N1/N=C\c1ccc(Cl)cc1Cl)C1CC1. The molecule has 0 spiro atoms. The van der Waals surface area contributed by atoms with Gasteiger partial charge in [0.1, 0.15) is 0 Å². The van der Waals surface area contributed by atoms with Gasteiger partial charge in [-0.3, -0.25) is 4.79 Å². The average Bonchev–Trinajstić information content (AvgIpc) is 3.29. The number of fused-ring (bicyclic) bond motifs is 1. The molecule has 2 atom stereocenters. The van der Waals surface area contributed by atoms with Gasteiger partial charge in [0.2, 0.25) is 0 Å². The molecule has 0 unspecified atom stereocenters. The van der Waals surface area contributed by atoms with E-state index in [1.54, 1.807) is 29.4 Å². The van der Waals surface area contributed by atoms with Gasteiger partial charge in [0.05, 0.1) is 34.0 Å². The van der Waals surface area contributed by atoms with Gasteiger partial charge in [-0.2, -0.15) is 10.1 Å². The van der Waals surface area contributed by atoms with Crippen molar-refractivity contribution in [2.75, 3.05) is 11.5 Å². The summed E-state index contributed by atoms with van der Waals surface area (Å²) in [6, 6.07) is 4.71. The highest BCUT2D eigenvalue weighted by molar-refractivity contribution is 8.15. The number of hydrazone groups is 1. The number of sulfone groups is 1. The van der Waals surface area contributed by atoms with Crippen LogP contribution in [0.4, 0.5) is 0 Å². The molecule has 0 N–H and O–H groups in total. The van der Waals surface area contributed by atoms with Crippen LogP contribution in [0.2, 0.25) is 10.0 Å². The van der Waals surface area contributed by atoms with Crippen LogP contribution in [0.5, 0.6) is 0 Å². The monoisotopic (exact) mass is 431 g/mol. The Balaban J connectivity index is 1.63. The van der Waals surface area contributed by atoms with Gasteiger partial charge in [-0.05, 0) is 25.0 Å². The maximum Gasteiger partial charge on any atom is 0.251 e. The summed E-state index contributed by atoms with van der Waals surface area (Å²) < 4.78 is 23.9. The second-order valence-electron chi connectivity index (χ2n) is 6.56. The Kier molecular flexibility index (Phi) is 4.79. The standard InChI is InChI=1S/C16H15Cl2N3O3S2/c17-11-4-3-10(12(18)5-11)6-19-21-13-7-26(23,24)8-14(13)25-16(21)20-15(22)9-1-2-9/h3-6,9,13-14H,1-2,7-8H2/b19-6-,20-16?/t13-,14-/m0/s1. The Morgan fingerprint density at radius 2 is 2.04 bits per heavy atom. The van der Waals surface area contributed by atoms with Gasteiger partial charge < -0.3 is 0 Å². The van der Waals surface area contributed by atoms with Crippen LogP contribution < -0.4 is 0 Å². The van der Waals surface area contributed by atoms with Crippen molar-refractivity contribution >= 4 is 62.1 Å². The van der Waals surface area contributed by atoms with Gasteiger partial charge in [-0.15, -0.1) is 0 Å². The molecule has 26 heavy (non-hydrogen) atoms. The molecule has 138 valence electrons. The average molecular weight is 432 g/mol. The number of thioether (sulfide) groups is 1. The Morgan fingerprint density at radius 3 is 2.73 bits per heavy atom. The summed E-state index contributed by atoms with van der Waals surface area (Å²) in [4.78, 5) is 16.3. The fourth-order valence-electron chi connectivity index (χ4n) is 2.93. The van der Waals surface area contributed by atoms with E-state index in [0.29, 0.717) is 20.8 Å². The molecule has 3 fully saturated rings. The first kappa shape index (κ1) is 18.3. The molecule has 1 aliphatic carbocycles. The largest absolute Gasteiger partial charge is 0.272 e. The second kappa shape index (κ2) is 6.82. The lowest BCUT2D eigenvalue weighted by molar-refractivity contribution is -0.118. The number of amides is 1. The van der Waals surface area contributed by atoms with Crippen molar-refractivity contribution in [3.05, 3.63) is 33.8 Å². The number of nitrogens with zero attached hydrogens (tertiary/aromatic N) is 3. The minimum Gasteiger partial charge on any atom is -0.272 e. The highest BCUT2D eigenvalue weighted by Crippen LogP contribution is 2.39. The molecule has 1 aromatic carbocycles. The fourth-order valence-corrected chi connectivity index (χ4v) is 7.23. The molecule has 1 amide bonds. The topological polar surface area (TPSA) is 79.2 Å². The Bertz CT molecular complexity index is 929. The first-order valence-electron chi connectivity index (χ1n) is 8.10. The van der Waals surface area contributed by atoms with Gasteiger partial charge in [0, 0.05) is 16.5 Å². The molecule has 6 nitrogen and oxygen atoms in total. The van der Waals surface area contributed by atoms with Crippen molar-refractivity contribution in [2.24, 2.45) is 16.0 Å². The smallest absolute Gasteiger partial charge is 0.251 e. The van der Waals surface area contributed by atoms with E-state index in [1.165, 1.54) is 11.8 Å². The Labute approximate surface area is 165 Å². The summed E-state index contributed by atoms with van der Waals surface area (Å²) in [7, 11) is -3.11. The molecule has 2 saturated heterocycles. The highest BCUT2D eigenvalue weighted by atomic mass is 35.5. The fraction of sp³-hybridized carbons (Fsp3) is 0.438. The summed E-state index contributed by atoms with van der Waals surface area (Å²) >= 11 is 13.4. The van der Waals surface area contributed by atoms with Crippen LogP contribution in [-0.4, -0.2) is 53.5 Å². The second-order valence-corrected chi connectivity index (χ2v) is 10.8. The van der Waals surface area contributed by atoms with Gasteiger partial charge in [-0.1, -0.05) is 41.0 Å². The van der Waals surface area contributed by atoms with Crippen LogP contribution in [-0.2, 0) is 14.6 Å². The molecule has 2 heterocycles. The van der Waals surface area contributed by atoms with Crippen LogP contribution in [0.1, 0.15) is 18.4 Å². The lowest BCUT2D eigenvalue weighted by atomic mass is 10.2. The molecule has 3 aliphatic rings. The van der Waals surface area contributed by atoms with Crippen molar-refractivity contribution in [1.29, 1.82) is 0 Å². The maximum absolute atomic E-state index is 12.1. The Hall–Kier alpha value is -1.09. The van der Waals surface area contributed by atoms with Gasteiger partial charge in [0.25, 0.3) is 5.91 Å². The molecule has 1 aromatic rings. The van der Waals surface area contributed by atoms with E-state index in [2.05, 4.69) is 10.1 Å². The van der Waals surface area contributed by atoms with Crippen molar-refractivity contribution < 1.29 is 13.2 Å². The summed E-state index contributed by atoms with van der Waals surface area (Å²) in [5.74, 6) is -0.0662. The van der Waals surface area contributed by atoms with E-state index in [-0.39, 0.29) is 34.6 Å². The summed E-state index contributed by atoms with van der Waals surface area (Å²) in [5, 5.41) is 7.24. The summed E-state index contributed by atoms with van der Waals surface area (Å²) in [6.45, 7) is 0. The molecule has 2 aliphatic heterocycles. The zero-order valence-corrected chi connectivity index (χ0v) is 16.7. The molecular formula is C16H15Cl2N3O3S2. The number of hydrogen-bond donors (Lipinski definition) is 0. The predicted octanol–water partition coefficient (Wildman–Crippen LogP) is 2.83. The van der Waals surface area contributed by atoms with E-state index >= 15 is 0 Å². The molecule has 10 heteroatoms. The Morgan fingerprint density at radius 1 is 1.27 bits per heavy atom. The van der Waals surface area contributed by atoms with Crippen molar-refractivity contribution in [3.8, 4) is 0 Å². The third-order valence-corrected chi connectivity index (χ3v) is 8.22. The molecule has 0 aromatic heterocycles. The van der Waals surface area contributed by atoms with Crippen LogP contribution in [0, 0.1) is 5.92 Å². The van der Waals surface area contributed by atoms with E-state index in [9.17, 15) is 13.2 Å². The van der Waals surface area contributed by atoms with E-state index in [1.807, 2.05) is 0 Å². The number of carbonyl (C=O) groups is 1. The molecule has 0 radical (unpaired) electrons. The van der Waals surface area contributed by atoms with Gasteiger partial charge in [-0.25, -0.2) is 13.4 Å². The van der Waals surface area contributed by atoms with Crippen LogP contribution in [0.3, 0.4) is 0 Å². The van der Waals surface area contributed by atoms with Crippen molar-refractivity contribution in [2.45, 2.75) is 24.1 Å². The molecule has 4 rings (SSSR count). The number of benzene rings is 1. The number of rotatable bonds is 3. The van der Waals surface area contributed by atoms with Crippen molar-refractivity contribution in [1.82, 2.24) is 5.01 Å². The van der Waals surface area contributed by atoms with Crippen LogP contribution in [0.25, 0.3) is 0 Å². The zero-order chi connectivity index (χ0) is 18.5. The molecular weight excluding hydrogens is 417 g/mol. The lowest BCUT2D eigenvalue weighted by Gasteiger charge is -2.18. The number of amidine groups is 1.